The van der Waals surface area contributed by atoms with Gasteiger partial charge in [0.2, 0.25) is 0 Å². The van der Waals surface area contributed by atoms with Gasteiger partial charge >= 0.3 is 0 Å². The molecule has 0 radical (unpaired) electrons. The summed E-state index contributed by atoms with van der Waals surface area (Å²) in [7, 11) is -3.49. The fourth-order valence-corrected chi connectivity index (χ4v) is 4.39. The molecular weight excluding hydrogens is 299 g/mol. The first-order valence-electron chi connectivity index (χ1n) is 7.14. The summed E-state index contributed by atoms with van der Waals surface area (Å²) in [5, 5.41) is 0. The monoisotopic (exact) mass is 316 g/mol. The second-order valence-corrected chi connectivity index (χ2v) is 7.61. The zero-order valence-electron chi connectivity index (χ0n) is 12.5. The number of hydrogen-bond acceptors (Lipinski definition) is 2. The molecule has 3 rings (SSSR count). The Labute approximate surface area is 130 Å². The molecule has 2 unspecified atom stereocenters. The van der Waals surface area contributed by atoms with E-state index in [9.17, 15) is 12.8 Å². The Bertz CT molecular complexity index is 838. The van der Waals surface area contributed by atoms with Crippen molar-refractivity contribution in [1.29, 1.82) is 0 Å². The van der Waals surface area contributed by atoms with Crippen LogP contribution in [0.25, 0.3) is 10.5 Å². The van der Waals surface area contributed by atoms with E-state index in [1.54, 1.807) is 49.4 Å². The van der Waals surface area contributed by atoms with Gasteiger partial charge in [-0.05, 0) is 22.3 Å². The maximum atomic E-state index is 14.6. The normalized spacial score (nSPS) is 23.2. The average molecular weight is 316 g/mol. The highest BCUT2D eigenvalue weighted by atomic mass is 32.2. The molecule has 0 fully saturated rings. The number of allylic oxidation sites excluding steroid dienone is 1. The molecule has 0 N–H and O–H groups in total. The number of alkyl halides is 1. The molecule has 2 atom stereocenters. The molecule has 2 aromatic carbocycles. The first kappa shape index (κ1) is 15.0. The molecule has 2 aromatic rings. The minimum atomic E-state index is -3.49. The number of fused-ring (bicyclic) bond motifs is 1. The smallest absolute Gasteiger partial charge is 0.176 e. The van der Waals surface area contributed by atoms with Crippen LogP contribution in [0.2, 0.25) is 0 Å². The Balaban J connectivity index is 2.38. The highest BCUT2D eigenvalue weighted by molar-refractivity contribution is 8.00. The van der Waals surface area contributed by atoms with E-state index in [0.29, 0.717) is 22.3 Å². The van der Waals surface area contributed by atoms with Gasteiger partial charge in [-0.25, -0.2) is 12.8 Å². The Morgan fingerprint density at radius 3 is 2.23 bits per heavy atom. The van der Waals surface area contributed by atoms with Gasteiger partial charge in [0.05, 0.1) is 4.91 Å². The van der Waals surface area contributed by atoms with Crippen molar-refractivity contribution in [3.63, 3.8) is 0 Å². The highest BCUT2D eigenvalue weighted by Gasteiger charge is 2.37. The minimum Gasteiger partial charge on any atom is -0.242 e. The van der Waals surface area contributed by atoms with Crippen molar-refractivity contribution in [1.82, 2.24) is 0 Å². The van der Waals surface area contributed by atoms with Crippen LogP contribution in [0.1, 0.15) is 29.8 Å². The summed E-state index contributed by atoms with van der Waals surface area (Å²) < 4.78 is 39.4. The quantitative estimate of drug-likeness (QED) is 0.829. The van der Waals surface area contributed by atoms with Crippen LogP contribution in [0.3, 0.4) is 0 Å². The predicted molar refractivity (Wildman–Crippen MR) is 87.6 cm³/mol. The third-order valence-corrected chi connectivity index (χ3v) is 5.29. The molecule has 0 aliphatic heterocycles. The van der Waals surface area contributed by atoms with Crippen LogP contribution in [0.15, 0.2) is 54.6 Å². The van der Waals surface area contributed by atoms with E-state index in [1.165, 1.54) is 6.26 Å². The van der Waals surface area contributed by atoms with E-state index in [1.807, 2.05) is 12.1 Å². The van der Waals surface area contributed by atoms with E-state index in [-0.39, 0.29) is 4.91 Å². The van der Waals surface area contributed by atoms with Crippen LogP contribution in [-0.2, 0) is 9.84 Å². The van der Waals surface area contributed by atoms with E-state index < -0.39 is 21.9 Å². The van der Waals surface area contributed by atoms with Crippen LogP contribution in [0.4, 0.5) is 4.39 Å². The zero-order chi connectivity index (χ0) is 15.9. The van der Waals surface area contributed by atoms with Crippen LogP contribution in [-0.4, -0.2) is 14.7 Å². The molecule has 0 saturated carbocycles. The molecule has 22 heavy (non-hydrogen) atoms. The summed E-state index contributed by atoms with van der Waals surface area (Å²) in [5.74, 6) is -0.484. The number of halogens is 1. The Kier molecular flexibility index (Phi) is 3.65. The molecule has 0 heterocycles. The Hall–Kier alpha value is -1.94. The van der Waals surface area contributed by atoms with E-state index in [2.05, 4.69) is 0 Å². The van der Waals surface area contributed by atoms with Crippen LogP contribution >= 0.6 is 0 Å². The van der Waals surface area contributed by atoms with Gasteiger partial charge < -0.3 is 0 Å². The molecule has 0 aromatic heterocycles. The maximum Gasteiger partial charge on any atom is 0.176 e. The number of hydrogen-bond donors (Lipinski definition) is 0. The van der Waals surface area contributed by atoms with E-state index >= 15 is 0 Å². The van der Waals surface area contributed by atoms with Gasteiger partial charge in [-0.15, -0.1) is 0 Å². The summed E-state index contributed by atoms with van der Waals surface area (Å²) >= 11 is 0. The molecule has 0 amide bonds. The summed E-state index contributed by atoms with van der Waals surface area (Å²) in [6.45, 7) is 1.74. The van der Waals surface area contributed by atoms with Gasteiger partial charge in [0.1, 0.15) is 6.17 Å². The van der Waals surface area contributed by atoms with Crippen molar-refractivity contribution in [2.24, 2.45) is 5.92 Å². The molecule has 114 valence electrons. The summed E-state index contributed by atoms with van der Waals surface area (Å²) in [5.41, 5.74) is 2.46. The van der Waals surface area contributed by atoms with Gasteiger partial charge in [0.15, 0.2) is 9.84 Å². The van der Waals surface area contributed by atoms with Crippen molar-refractivity contribution >= 4 is 20.3 Å². The maximum absolute atomic E-state index is 14.6. The second kappa shape index (κ2) is 5.36. The van der Waals surface area contributed by atoms with Crippen LogP contribution < -0.4 is 0 Å². The van der Waals surface area contributed by atoms with Gasteiger partial charge in [0, 0.05) is 12.2 Å². The largest absolute Gasteiger partial charge is 0.242 e. The lowest BCUT2D eigenvalue weighted by molar-refractivity contribution is 0.301. The number of sulfone groups is 1. The topological polar surface area (TPSA) is 34.1 Å². The van der Waals surface area contributed by atoms with Crippen molar-refractivity contribution < 1.29 is 12.8 Å². The molecule has 4 heteroatoms. The molecule has 1 aliphatic rings. The number of rotatable bonds is 2. The average Bonchev–Trinajstić information content (AvgIpc) is 2.73. The molecule has 0 spiro atoms. The van der Waals surface area contributed by atoms with Gasteiger partial charge in [-0.2, -0.15) is 0 Å². The van der Waals surface area contributed by atoms with Gasteiger partial charge in [0.25, 0.3) is 0 Å². The fraction of sp³-hybridized carbons (Fsp3) is 0.222. The molecule has 1 aliphatic carbocycles. The van der Waals surface area contributed by atoms with E-state index in [0.717, 1.165) is 0 Å². The Morgan fingerprint density at radius 1 is 1.00 bits per heavy atom. The van der Waals surface area contributed by atoms with Gasteiger partial charge in [-0.1, -0.05) is 61.5 Å². The first-order chi connectivity index (χ1) is 10.4. The summed E-state index contributed by atoms with van der Waals surface area (Å²) in [6.07, 6.45) is 0.00937. The third-order valence-electron chi connectivity index (χ3n) is 4.09. The molecule has 2 nitrogen and oxygen atoms in total. The zero-order valence-corrected chi connectivity index (χ0v) is 13.3. The van der Waals surface area contributed by atoms with Crippen molar-refractivity contribution in [3.05, 3.63) is 71.3 Å². The number of benzene rings is 2. The third kappa shape index (κ3) is 2.37. The molecule has 0 saturated heterocycles. The highest BCUT2D eigenvalue weighted by Crippen LogP contribution is 2.50. The van der Waals surface area contributed by atoms with Gasteiger partial charge in [-0.3, -0.25) is 0 Å². The minimum absolute atomic E-state index is 0.230. The summed E-state index contributed by atoms with van der Waals surface area (Å²) in [4.78, 5) is 0.230. The van der Waals surface area contributed by atoms with E-state index in [4.69, 9.17) is 0 Å². The Morgan fingerprint density at radius 2 is 1.59 bits per heavy atom. The lowest BCUT2D eigenvalue weighted by Gasteiger charge is -2.15. The van der Waals surface area contributed by atoms with Crippen molar-refractivity contribution in [2.45, 2.75) is 13.1 Å². The second-order valence-electron chi connectivity index (χ2n) is 5.66. The lowest BCUT2D eigenvalue weighted by Crippen LogP contribution is -2.07. The standard InChI is InChI=1S/C18H17FO2S/c1-12-16(14-10-6-7-11-15(14)17(12)19)18(22(2,20)21)13-8-4-3-5-9-13/h3-12,17H,1-2H3. The van der Waals surface area contributed by atoms with Crippen LogP contribution in [0.5, 0.6) is 0 Å². The first-order valence-corrected chi connectivity index (χ1v) is 9.03. The van der Waals surface area contributed by atoms with Crippen LogP contribution in [0, 0.1) is 5.92 Å². The van der Waals surface area contributed by atoms with Crippen molar-refractivity contribution in [3.8, 4) is 0 Å². The van der Waals surface area contributed by atoms with Crippen molar-refractivity contribution in [2.75, 3.05) is 6.26 Å². The molecule has 0 bridgehead atoms. The molecular formula is C18H17FO2S. The summed E-state index contributed by atoms with van der Waals surface area (Å²) in [6, 6.07) is 16.0. The predicted octanol–water partition coefficient (Wildman–Crippen LogP) is 4.26. The SMILES string of the molecule is CC1C(=C(c2ccccc2)S(C)(=O)=O)c2ccccc2C1F. The fourth-order valence-electron chi connectivity index (χ4n) is 3.13. The lowest BCUT2D eigenvalue weighted by atomic mass is 9.98.